The number of sulfonamides is 1. The summed E-state index contributed by atoms with van der Waals surface area (Å²) in [4.78, 5) is 23.8. The minimum Gasteiger partial charge on any atom is -0.480 e. The Bertz CT molecular complexity index is 1430. The Hall–Kier alpha value is -3.71. The minimum atomic E-state index is -4.50. The van der Waals surface area contributed by atoms with E-state index in [1.54, 1.807) is 48.5 Å². The molecule has 178 valence electrons. The van der Waals surface area contributed by atoms with Crippen LogP contribution in [0.4, 0.5) is 0 Å². The zero-order chi connectivity index (χ0) is 25.4. The van der Waals surface area contributed by atoms with Gasteiger partial charge >= 0.3 is 11.9 Å². The van der Waals surface area contributed by atoms with Gasteiger partial charge in [0.15, 0.2) is 0 Å². The standard InChI is InChI=1S/C25H19ClN2O6S/c26-20-9-5-17(6-10-20)18-7-11-21(12-8-18)35(33,34)28(15-23(29)30)25(24(31)32)13-22(25)19-3-1-16(14-27)2-4-19/h1-12,22H,13,15H2,(H,29,30)(H,31,32)/t22-,25+/m1/s1. The smallest absolute Gasteiger partial charge is 0.325 e. The van der Waals surface area contributed by atoms with Crippen molar-refractivity contribution in [2.45, 2.75) is 22.8 Å². The third-order valence-electron chi connectivity index (χ3n) is 6.09. The molecule has 3 aromatic rings. The van der Waals surface area contributed by atoms with E-state index in [0.29, 0.717) is 26.0 Å². The van der Waals surface area contributed by atoms with Crippen molar-refractivity contribution in [2.24, 2.45) is 0 Å². The average Bonchev–Trinajstić information content (AvgIpc) is 3.60. The molecule has 0 amide bonds. The number of halogens is 1. The molecule has 0 unspecified atom stereocenters. The maximum Gasteiger partial charge on any atom is 0.325 e. The van der Waals surface area contributed by atoms with Gasteiger partial charge in [0.25, 0.3) is 0 Å². The molecule has 0 aliphatic heterocycles. The summed E-state index contributed by atoms with van der Waals surface area (Å²) in [6.07, 6.45) is -0.0936. The molecule has 1 aliphatic rings. The van der Waals surface area contributed by atoms with Crippen molar-refractivity contribution in [1.29, 1.82) is 5.26 Å². The quantitative estimate of drug-likeness (QED) is 0.468. The van der Waals surface area contributed by atoms with E-state index in [1.165, 1.54) is 24.3 Å². The van der Waals surface area contributed by atoms with E-state index < -0.39 is 40.0 Å². The molecule has 35 heavy (non-hydrogen) atoms. The number of aliphatic carboxylic acids is 2. The van der Waals surface area contributed by atoms with Gasteiger partial charge in [-0.05, 0) is 59.5 Å². The summed E-state index contributed by atoms with van der Waals surface area (Å²) >= 11 is 5.91. The highest BCUT2D eigenvalue weighted by Gasteiger charge is 2.68. The molecule has 0 bridgehead atoms. The molecule has 4 rings (SSSR count). The van der Waals surface area contributed by atoms with E-state index >= 15 is 0 Å². The van der Waals surface area contributed by atoms with E-state index in [9.17, 15) is 28.2 Å². The van der Waals surface area contributed by atoms with Crippen LogP contribution in [0.3, 0.4) is 0 Å². The van der Waals surface area contributed by atoms with Crippen molar-refractivity contribution in [2.75, 3.05) is 6.54 Å². The van der Waals surface area contributed by atoms with Gasteiger partial charge in [0.05, 0.1) is 16.5 Å². The van der Waals surface area contributed by atoms with Gasteiger partial charge in [0, 0.05) is 10.9 Å². The average molecular weight is 511 g/mol. The molecule has 0 heterocycles. The van der Waals surface area contributed by atoms with Crippen LogP contribution in [0, 0.1) is 11.3 Å². The van der Waals surface area contributed by atoms with Gasteiger partial charge in [-0.3, -0.25) is 9.59 Å². The Morgan fingerprint density at radius 1 is 0.971 bits per heavy atom. The highest BCUT2D eigenvalue weighted by molar-refractivity contribution is 7.89. The van der Waals surface area contributed by atoms with Crippen LogP contribution in [-0.4, -0.2) is 47.0 Å². The van der Waals surface area contributed by atoms with E-state index in [2.05, 4.69) is 0 Å². The molecule has 1 fully saturated rings. The Labute approximate surface area is 206 Å². The second-order valence-corrected chi connectivity index (χ2v) is 10.5. The summed E-state index contributed by atoms with van der Waals surface area (Å²) in [5.74, 6) is -3.68. The Balaban J connectivity index is 1.72. The highest BCUT2D eigenvalue weighted by atomic mass is 35.5. The van der Waals surface area contributed by atoms with Crippen LogP contribution in [0.15, 0.2) is 77.7 Å². The second kappa shape index (κ2) is 9.15. The number of nitriles is 1. The molecule has 0 radical (unpaired) electrons. The molecule has 0 aromatic heterocycles. The van der Waals surface area contributed by atoms with Crippen molar-refractivity contribution in [1.82, 2.24) is 4.31 Å². The monoisotopic (exact) mass is 510 g/mol. The fourth-order valence-corrected chi connectivity index (χ4v) is 6.06. The maximum atomic E-state index is 13.6. The molecule has 1 aliphatic carbocycles. The van der Waals surface area contributed by atoms with Crippen molar-refractivity contribution >= 4 is 33.6 Å². The van der Waals surface area contributed by atoms with Gasteiger partial charge in [-0.1, -0.05) is 48.0 Å². The number of hydrogen-bond acceptors (Lipinski definition) is 5. The third kappa shape index (κ3) is 4.51. The first-order valence-corrected chi connectivity index (χ1v) is 12.3. The molecule has 0 saturated heterocycles. The summed E-state index contributed by atoms with van der Waals surface area (Å²) in [5, 5.41) is 29.1. The van der Waals surface area contributed by atoms with Crippen molar-refractivity contribution in [3.8, 4) is 17.2 Å². The van der Waals surface area contributed by atoms with Crippen molar-refractivity contribution < 1.29 is 28.2 Å². The predicted molar refractivity (Wildman–Crippen MR) is 127 cm³/mol. The van der Waals surface area contributed by atoms with Crippen LogP contribution in [0.1, 0.15) is 23.5 Å². The SMILES string of the molecule is N#Cc1ccc([C@H]2C[C@]2(C(=O)O)N(CC(=O)O)S(=O)(=O)c2ccc(-c3ccc(Cl)cc3)cc2)cc1. The summed E-state index contributed by atoms with van der Waals surface area (Å²) in [7, 11) is -4.50. The lowest BCUT2D eigenvalue weighted by Gasteiger charge is -2.28. The van der Waals surface area contributed by atoms with E-state index in [-0.39, 0.29) is 11.3 Å². The second-order valence-electron chi connectivity index (χ2n) is 8.16. The van der Waals surface area contributed by atoms with Crippen LogP contribution in [0.2, 0.25) is 5.02 Å². The lowest BCUT2D eigenvalue weighted by atomic mass is 10.0. The van der Waals surface area contributed by atoms with Gasteiger partial charge in [0.1, 0.15) is 12.1 Å². The molecular formula is C25H19ClN2O6S. The molecular weight excluding hydrogens is 492 g/mol. The normalized spacial score (nSPS) is 19.2. The first-order chi connectivity index (χ1) is 16.6. The van der Waals surface area contributed by atoms with E-state index in [1.807, 2.05) is 6.07 Å². The molecule has 2 N–H and O–H groups in total. The van der Waals surface area contributed by atoms with E-state index in [4.69, 9.17) is 16.9 Å². The van der Waals surface area contributed by atoms with Gasteiger partial charge in [-0.15, -0.1) is 0 Å². The summed E-state index contributed by atoms with van der Waals surface area (Å²) in [5.41, 5.74) is 0.424. The van der Waals surface area contributed by atoms with Gasteiger partial charge in [-0.2, -0.15) is 9.57 Å². The first kappa shape index (κ1) is 24.4. The zero-order valence-electron chi connectivity index (χ0n) is 18.1. The van der Waals surface area contributed by atoms with Crippen LogP contribution in [0.25, 0.3) is 11.1 Å². The largest absolute Gasteiger partial charge is 0.480 e. The van der Waals surface area contributed by atoms with Crippen LogP contribution < -0.4 is 0 Å². The minimum absolute atomic E-state index is 0.0936. The number of rotatable bonds is 8. The topological polar surface area (TPSA) is 136 Å². The van der Waals surface area contributed by atoms with Crippen LogP contribution in [-0.2, 0) is 19.6 Å². The molecule has 2 atom stereocenters. The lowest BCUT2D eigenvalue weighted by molar-refractivity contribution is -0.145. The number of benzene rings is 3. The summed E-state index contributed by atoms with van der Waals surface area (Å²) in [6.45, 7) is -1.01. The summed E-state index contributed by atoms with van der Waals surface area (Å²) in [6, 6.07) is 20.8. The number of carboxylic acids is 2. The molecule has 3 aromatic carbocycles. The van der Waals surface area contributed by atoms with Crippen LogP contribution >= 0.6 is 11.6 Å². The zero-order valence-corrected chi connectivity index (χ0v) is 19.7. The van der Waals surface area contributed by atoms with Gasteiger partial charge < -0.3 is 10.2 Å². The highest BCUT2D eigenvalue weighted by Crippen LogP contribution is 2.57. The molecule has 8 nitrogen and oxygen atoms in total. The number of nitrogens with zero attached hydrogens (tertiary/aromatic N) is 2. The van der Waals surface area contributed by atoms with Gasteiger partial charge in [0.2, 0.25) is 10.0 Å². The van der Waals surface area contributed by atoms with E-state index in [0.717, 1.165) is 5.56 Å². The maximum absolute atomic E-state index is 13.6. The predicted octanol–water partition coefficient (Wildman–Crippen LogP) is 3.96. The number of hydrogen-bond donors (Lipinski definition) is 2. The Morgan fingerprint density at radius 2 is 1.51 bits per heavy atom. The lowest BCUT2D eigenvalue weighted by Crippen LogP contribution is -2.50. The summed E-state index contributed by atoms with van der Waals surface area (Å²) < 4.78 is 27.7. The Morgan fingerprint density at radius 3 is 2.00 bits per heavy atom. The van der Waals surface area contributed by atoms with Crippen molar-refractivity contribution in [3.05, 3.63) is 88.9 Å². The molecule has 1 saturated carbocycles. The third-order valence-corrected chi connectivity index (χ3v) is 8.24. The number of carboxylic acid groups (broad SMARTS) is 2. The molecule has 10 heteroatoms. The molecule has 0 spiro atoms. The number of carbonyl (C=O) groups is 2. The van der Waals surface area contributed by atoms with Crippen LogP contribution in [0.5, 0.6) is 0 Å². The van der Waals surface area contributed by atoms with Gasteiger partial charge in [-0.25, -0.2) is 8.42 Å². The Kier molecular flexibility index (Phi) is 6.38. The van der Waals surface area contributed by atoms with Crippen molar-refractivity contribution in [3.63, 3.8) is 0 Å². The fraction of sp³-hybridized carbons (Fsp3) is 0.160. The fourth-order valence-electron chi connectivity index (χ4n) is 4.21. The first-order valence-electron chi connectivity index (χ1n) is 10.4.